The van der Waals surface area contributed by atoms with E-state index in [2.05, 4.69) is 36.1 Å². The molecule has 0 bridgehead atoms. The second-order valence-corrected chi connectivity index (χ2v) is 9.35. The van der Waals surface area contributed by atoms with E-state index in [0.717, 1.165) is 26.1 Å². The van der Waals surface area contributed by atoms with Crippen LogP contribution >= 0.6 is 0 Å². The van der Waals surface area contributed by atoms with Crippen LogP contribution in [0.2, 0.25) is 0 Å². The maximum absolute atomic E-state index is 13.0. The Hall–Kier alpha value is -1.65. The van der Waals surface area contributed by atoms with E-state index in [1.807, 2.05) is 12.1 Å². The van der Waals surface area contributed by atoms with Gasteiger partial charge in [-0.25, -0.2) is 8.42 Å². The van der Waals surface area contributed by atoms with Gasteiger partial charge < -0.3 is 4.90 Å². The van der Waals surface area contributed by atoms with Crippen molar-refractivity contribution in [2.75, 3.05) is 25.4 Å². The topological polar surface area (TPSA) is 37.4 Å². The van der Waals surface area contributed by atoms with Gasteiger partial charge in [-0.05, 0) is 55.5 Å². The van der Waals surface area contributed by atoms with Gasteiger partial charge >= 0.3 is 0 Å². The standard InChI is InChI=1S/C22H29NO2S/c1-2-3-15-23-16-14-22(19-10-6-4-7-11-19)20(17-23)18-26(24,25)21-12-8-5-9-13-21/h4-13,20,22H,2-3,14-18H2,1H3/t20-,22-/m0/s1. The molecule has 1 fully saturated rings. The Morgan fingerprint density at radius 1 is 1.00 bits per heavy atom. The van der Waals surface area contributed by atoms with E-state index in [-0.39, 0.29) is 11.7 Å². The molecular weight excluding hydrogens is 342 g/mol. The van der Waals surface area contributed by atoms with Gasteiger partial charge in [-0.3, -0.25) is 0 Å². The minimum atomic E-state index is -3.27. The minimum Gasteiger partial charge on any atom is -0.303 e. The van der Waals surface area contributed by atoms with E-state index in [4.69, 9.17) is 0 Å². The monoisotopic (exact) mass is 371 g/mol. The lowest BCUT2D eigenvalue weighted by molar-refractivity contribution is 0.162. The van der Waals surface area contributed by atoms with Crippen LogP contribution in [0.25, 0.3) is 0 Å². The molecule has 1 saturated heterocycles. The van der Waals surface area contributed by atoms with Crippen molar-refractivity contribution in [1.82, 2.24) is 4.90 Å². The molecule has 3 nitrogen and oxygen atoms in total. The molecule has 0 aliphatic carbocycles. The average molecular weight is 372 g/mol. The molecule has 1 aliphatic heterocycles. The number of piperidine rings is 1. The second kappa shape index (κ2) is 8.83. The van der Waals surface area contributed by atoms with Crippen LogP contribution in [0.3, 0.4) is 0 Å². The fourth-order valence-corrected chi connectivity index (χ4v) is 5.67. The van der Waals surface area contributed by atoms with E-state index < -0.39 is 9.84 Å². The number of hydrogen-bond acceptors (Lipinski definition) is 3. The fourth-order valence-electron chi connectivity index (χ4n) is 4.01. The van der Waals surface area contributed by atoms with Gasteiger partial charge in [-0.2, -0.15) is 0 Å². The second-order valence-electron chi connectivity index (χ2n) is 7.31. The van der Waals surface area contributed by atoms with Crippen LogP contribution in [0, 0.1) is 5.92 Å². The largest absolute Gasteiger partial charge is 0.303 e. The average Bonchev–Trinajstić information content (AvgIpc) is 2.67. The molecule has 0 aromatic heterocycles. The molecule has 1 aliphatic rings. The quantitative estimate of drug-likeness (QED) is 0.725. The molecular formula is C22H29NO2S. The summed E-state index contributed by atoms with van der Waals surface area (Å²) >= 11 is 0. The highest BCUT2D eigenvalue weighted by Crippen LogP contribution is 2.35. The van der Waals surface area contributed by atoms with Gasteiger partial charge in [0.1, 0.15) is 0 Å². The maximum Gasteiger partial charge on any atom is 0.178 e. The number of likely N-dealkylation sites (tertiary alicyclic amines) is 1. The van der Waals surface area contributed by atoms with E-state index in [9.17, 15) is 8.42 Å². The molecule has 26 heavy (non-hydrogen) atoms. The summed E-state index contributed by atoms with van der Waals surface area (Å²) in [5.41, 5.74) is 1.27. The van der Waals surface area contributed by atoms with Crippen LogP contribution in [0.5, 0.6) is 0 Å². The lowest BCUT2D eigenvalue weighted by Gasteiger charge is -2.39. The zero-order chi connectivity index (χ0) is 18.4. The Bertz CT molecular complexity index is 774. The van der Waals surface area contributed by atoms with Crippen LogP contribution in [-0.4, -0.2) is 38.7 Å². The molecule has 3 rings (SSSR count). The minimum absolute atomic E-state index is 0.133. The molecule has 0 spiro atoms. The maximum atomic E-state index is 13.0. The van der Waals surface area contributed by atoms with Gasteiger partial charge in [0, 0.05) is 6.54 Å². The predicted octanol–water partition coefficient (Wildman–Crippen LogP) is 4.37. The van der Waals surface area contributed by atoms with Crippen LogP contribution in [0.4, 0.5) is 0 Å². The highest BCUT2D eigenvalue weighted by Gasteiger charge is 2.33. The van der Waals surface area contributed by atoms with Crippen molar-refractivity contribution in [2.24, 2.45) is 5.92 Å². The van der Waals surface area contributed by atoms with Crippen molar-refractivity contribution in [1.29, 1.82) is 0 Å². The summed E-state index contributed by atoms with van der Waals surface area (Å²) in [6.07, 6.45) is 3.38. The molecule has 140 valence electrons. The summed E-state index contributed by atoms with van der Waals surface area (Å²) < 4.78 is 26.0. The van der Waals surface area contributed by atoms with Crippen molar-refractivity contribution >= 4 is 9.84 Å². The number of rotatable bonds is 7. The normalized spacial score (nSPS) is 21.6. The number of benzene rings is 2. The number of nitrogens with zero attached hydrogens (tertiary/aromatic N) is 1. The van der Waals surface area contributed by atoms with E-state index in [1.54, 1.807) is 24.3 Å². The van der Waals surface area contributed by atoms with Crippen LogP contribution in [-0.2, 0) is 9.84 Å². The third-order valence-corrected chi connectivity index (χ3v) is 7.27. The third-order valence-electron chi connectivity index (χ3n) is 5.41. The zero-order valence-electron chi connectivity index (χ0n) is 15.5. The van der Waals surface area contributed by atoms with Crippen molar-refractivity contribution < 1.29 is 8.42 Å². The van der Waals surface area contributed by atoms with Crippen molar-refractivity contribution in [3.63, 3.8) is 0 Å². The first kappa shape index (κ1) is 19.1. The van der Waals surface area contributed by atoms with Crippen molar-refractivity contribution in [3.8, 4) is 0 Å². The summed E-state index contributed by atoms with van der Waals surface area (Å²) in [4.78, 5) is 2.89. The van der Waals surface area contributed by atoms with E-state index in [1.165, 1.54) is 18.4 Å². The highest BCUT2D eigenvalue weighted by atomic mass is 32.2. The SMILES string of the molecule is CCCCN1CC[C@@H](c2ccccc2)[C@H](CS(=O)(=O)c2ccccc2)C1. The van der Waals surface area contributed by atoms with Gasteiger partial charge in [0.05, 0.1) is 10.6 Å². The van der Waals surface area contributed by atoms with Crippen LogP contribution in [0.15, 0.2) is 65.6 Å². The first-order valence-electron chi connectivity index (χ1n) is 9.65. The number of unbranched alkanes of at least 4 members (excludes halogenated alkanes) is 1. The highest BCUT2D eigenvalue weighted by molar-refractivity contribution is 7.91. The molecule has 0 unspecified atom stereocenters. The van der Waals surface area contributed by atoms with Crippen LogP contribution < -0.4 is 0 Å². The van der Waals surface area contributed by atoms with Crippen molar-refractivity contribution in [3.05, 3.63) is 66.2 Å². The Morgan fingerprint density at radius 3 is 2.31 bits per heavy atom. The summed E-state index contributed by atoms with van der Waals surface area (Å²) in [5, 5.41) is 0. The van der Waals surface area contributed by atoms with Gasteiger partial charge in [0.25, 0.3) is 0 Å². The summed E-state index contributed by atoms with van der Waals surface area (Å²) in [6, 6.07) is 19.3. The zero-order valence-corrected chi connectivity index (χ0v) is 16.4. The Morgan fingerprint density at radius 2 is 1.65 bits per heavy atom. The predicted molar refractivity (Wildman–Crippen MR) is 107 cm³/mol. The fraction of sp³-hybridized carbons (Fsp3) is 0.455. The van der Waals surface area contributed by atoms with Gasteiger partial charge in [0.2, 0.25) is 0 Å². The molecule has 2 aromatic rings. The Kier molecular flexibility index (Phi) is 6.49. The van der Waals surface area contributed by atoms with E-state index >= 15 is 0 Å². The first-order chi connectivity index (χ1) is 12.6. The van der Waals surface area contributed by atoms with Gasteiger partial charge in [-0.1, -0.05) is 61.9 Å². The lowest BCUT2D eigenvalue weighted by atomic mass is 9.81. The lowest BCUT2D eigenvalue weighted by Crippen LogP contribution is -2.42. The van der Waals surface area contributed by atoms with Gasteiger partial charge in [0.15, 0.2) is 9.84 Å². The van der Waals surface area contributed by atoms with Crippen molar-refractivity contribution in [2.45, 2.75) is 37.0 Å². The van der Waals surface area contributed by atoms with E-state index in [0.29, 0.717) is 10.8 Å². The smallest absolute Gasteiger partial charge is 0.178 e. The Labute approximate surface area is 158 Å². The molecule has 2 atom stereocenters. The van der Waals surface area contributed by atoms with Gasteiger partial charge in [-0.15, -0.1) is 0 Å². The third kappa shape index (κ3) is 4.74. The molecule has 0 radical (unpaired) electrons. The summed E-state index contributed by atoms with van der Waals surface area (Å²) in [5.74, 6) is 0.667. The molecule has 1 heterocycles. The molecule has 0 N–H and O–H groups in total. The first-order valence-corrected chi connectivity index (χ1v) is 11.3. The Balaban J connectivity index is 1.82. The summed E-state index contributed by atoms with van der Waals surface area (Å²) in [7, 11) is -3.27. The molecule has 2 aromatic carbocycles. The number of hydrogen-bond donors (Lipinski definition) is 0. The molecule has 0 saturated carbocycles. The molecule has 4 heteroatoms. The number of sulfone groups is 1. The molecule has 0 amide bonds. The summed E-state index contributed by atoms with van der Waals surface area (Å²) in [6.45, 7) is 5.20. The van der Waals surface area contributed by atoms with Crippen LogP contribution in [0.1, 0.15) is 37.7 Å².